The van der Waals surface area contributed by atoms with E-state index in [-0.39, 0.29) is 17.8 Å². The fraction of sp³-hybridized carbons (Fsp3) is 0.182. The SMILES string of the molecule is O=C(O)CC1=NN(c2cc(F)c(F)c(F)c2)C(=O)C1. The van der Waals surface area contributed by atoms with Gasteiger partial charge in [-0.25, -0.2) is 18.2 Å². The minimum Gasteiger partial charge on any atom is -0.481 e. The van der Waals surface area contributed by atoms with E-state index >= 15 is 0 Å². The van der Waals surface area contributed by atoms with Gasteiger partial charge in [0, 0.05) is 12.1 Å². The lowest BCUT2D eigenvalue weighted by atomic mass is 10.2. The predicted octanol–water partition coefficient (Wildman–Crippen LogP) is 1.67. The Morgan fingerprint density at radius 2 is 1.89 bits per heavy atom. The maximum absolute atomic E-state index is 13.0. The lowest BCUT2D eigenvalue weighted by Gasteiger charge is -2.12. The molecule has 2 rings (SSSR count). The summed E-state index contributed by atoms with van der Waals surface area (Å²) in [5, 5.41) is 12.9. The highest BCUT2D eigenvalue weighted by Crippen LogP contribution is 2.25. The molecule has 8 heteroatoms. The van der Waals surface area contributed by atoms with Crippen LogP contribution in [-0.2, 0) is 9.59 Å². The third-order valence-corrected chi connectivity index (χ3v) is 2.40. The number of amides is 1. The molecule has 1 aliphatic rings. The summed E-state index contributed by atoms with van der Waals surface area (Å²) in [5.41, 5.74) is -0.232. The number of nitrogens with zero attached hydrogens (tertiary/aromatic N) is 2. The van der Waals surface area contributed by atoms with Crippen LogP contribution in [0, 0.1) is 17.5 Å². The second kappa shape index (κ2) is 4.71. The number of anilines is 1. The average Bonchev–Trinajstić information content (AvgIpc) is 2.65. The summed E-state index contributed by atoms with van der Waals surface area (Å²) in [4.78, 5) is 22.0. The Bertz CT molecular complexity index is 578. The van der Waals surface area contributed by atoms with E-state index in [0.29, 0.717) is 17.1 Å². The molecular formula is C11H7F3N2O3. The number of rotatable bonds is 3. The normalized spacial score (nSPS) is 14.8. The lowest BCUT2D eigenvalue weighted by molar-refractivity contribution is -0.135. The highest BCUT2D eigenvalue weighted by atomic mass is 19.2. The van der Waals surface area contributed by atoms with E-state index in [0.717, 1.165) is 0 Å². The maximum atomic E-state index is 13.0. The molecule has 0 atom stereocenters. The number of carboxylic acids is 1. The molecule has 0 aliphatic carbocycles. The van der Waals surface area contributed by atoms with Crippen LogP contribution in [0.2, 0.25) is 0 Å². The highest BCUT2D eigenvalue weighted by Gasteiger charge is 2.27. The van der Waals surface area contributed by atoms with Crippen molar-refractivity contribution in [1.29, 1.82) is 0 Å². The van der Waals surface area contributed by atoms with Crippen LogP contribution < -0.4 is 5.01 Å². The van der Waals surface area contributed by atoms with Crippen LogP contribution in [0.3, 0.4) is 0 Å². The number of hydrogen-bond donors (Lipinski definition) is 1. The Kier molecular flexibility index (Phi) is 3.24. The Balaban J connectivity index is 2.34. The number of benzene rings is 1. The molecule has 1 aliphatic heterocycles. The molecule has 100 valence electrons. The fourth-order valence-corrected chi connectivity index (χ4v) is 1.62. The molecule has 1 aromatic carbocycles. The van der Waals surface area contributed by atoms with Crippen LogP contribution in [0.25, 0.3) is 0 Å². The molecule has 0 radical (unpaired) electrons. The van der Waals surface area contributed by atoms with Gasteiger partial charge in [-0.05, 0) is 0 Å². The standard InChI is InChI=1S/C11H7F3N2O3/c12-7-3-6(4-8(13)11(7)14)16-9(17)1-5(15-16)2-10(18)19/h3-4H,1-2H2,(H,18,19). The smallest absolute Gasteiger partial charge is 0.309 e. The zero-order chi connectivity index (χ0) is 14.2. The topological polar surface area (TPSA) is 70.0 Å². The molecule has 0 saturated heterocycles. The largest absolute Gasteiger partial charge is 0.481 e. The Morgan fingerprint density at radius 3 is 2.42 bits per heavy atom. The number of hydrogen-bond acceptors (Lipinski definition) is 3. The zero-order valence-corrected chi connectivity index (χ0v) is 9.36. The van der Waals surface area contributed by atoms with Crippen LogP contribution in [0.15, 0.2) is 17.2 Å². The number of hydrazone groups is 1. The van der Waals surface area contributed by atoms with Crippen molar-refractivity contribution in [2.45, 2.75) is 12.8 Å². The van der Waals surface area contributed by atoms with Crippen molar-refractivity contribution in [3.8, 4) is 0 Å². The van der Waals surface area contributed by atoms with Gasteiger partial charge in [0.15, 0.2) is 17.5 Å². The minimum atomic E-state index is -1.65. The van der Waals surface area contributed by atoms with Gasteiger partial charge in [0.05, 0.1) is 24.2 Å². The average molecular weight is 272 g/mol. The third kappa shape index (κ3) is 2.56. The van der Waals surface area contributed by atoms with Gasteiger partial charge in [-0.2, -0.15) is 5.10 Å². The molecule has 1 aromatic rings. The van der Waals surface area contributed by atoms with Crippen LogP contribution in [-0.4, -0.2) is 22.7 Å². The van der Waals surface area contributed by atoms with Crippen molar-refractivity contribution in [2.75, 3.05) is 5.01 Å². The molecule has 0 spiro atoms. The third-order valence-electron chi connectivity index (χ3n) is 2.40. The molecular weight excluding hydrogens is 265 g/mol. The quantitative estimate of drug-likeness (QED) is 0.851. The van der Waals surface area contributed by atoms with Gasteiger partial charge in [-0.1, -0.05) is 0 Å². The van der Waals surface area contributed by atoms with E-state index in [9.17, 15) is 22.8 Å². The number of carbonyl (C=O) groups excluding carboxylic acids is 1. The van der Waals surface area contributed by atoms with Crippen LogP contribution in [0.5, 0.6) is 0 Å². The summed E-state index contributed by atoms with van der Waals surface area (Å²) >= 11 is 0. The molecule has 0 unspecified atom stereocenters. The Labute approximate surface area is 104 Å². The fourth-order valence-electron chi connectivity index (χ4n) is 1.62. The summed E-state index contributed by atoms with van der Waals surface area (Å²) in [5.74, 6) is -6.37. The number of halogens is 3. The monoisotopic (exact) mass is 272 g/mol. The molecule has 0 saturated carbocycles. The summed E-state index contributed by atoms with van der Waals surface area (Å²) < 4.78 is 38.8. The molecule has 1 amide bonds. The van der Waals surface area contributed by atoms with E-state index < -0.39 is 35.7 Å². The summed E-state index contributed by atoms with van der Waals surface area (Å²) in [6.45, 7) is 0. The summed E-state index contributed by atoms with van der Waals surface area (Å²) in [6, 6.07) is 1.23. The van der Waals surface area contributed by atoms with Crippen LogP contribution >= 0.6 is 0 Å². The minimum absolute atomic E-state index is 0.0580. The van der Waals surface area contributed by atoms with E-state index in [1.54, 1.807) is 0 Å². The van der Waals surface area contributed by atoms with Gasteiger partial charge in [0.2, 0.25) is 0 Å². The van der Waals surface area contributed by atoms with Crippen LogP contribution in [0.1, 0.15) is 12.8 Å². The second-order valence-electron chi connectivity index (χ2n) is 3.84. The van der Waals surface area contributed by atoms with E-state index in [4.69, 9.17) is 5.11 Å². The maximum Gasteiger partial charge on any atom is 0.309 e. The first-order chi connectivity index (χ1) is 8.88. The van der Waals surface area contributed by atoms with Gasteiger partial charge in [0.1, 0.15) is 0 Å². The van der Waals surface area contributed by atoms with Crippen molar-refractivity contribution < 1.29 is 27.9 Å². The van der Waals surface area contributed by atoms with Crippen molar-refractivity contribution >= 4 is 23.3 Å². The highest BCUT2D eigenvalue weighted by molar-refractivity contribution is 6.16. The molecule has 0 fully saturated rings. The molecule has 1 N–H and O–H groups in total. The van der Waals surface area contributed by atoms with Gasteiger partial charge in [0.25, 0.3) is 5.91 Å². The van der Waals surface area contributed by atoms with Crippen molar-refractivity contribution in [1.82, 2.24) is 0 Å². The molecule has 19 heavy (non-hydrogen) atoms. The van der Waals surface area contributed by atoms with Crippen molar-refractivity contribution in [3.63, 3.8) is 0 Å². The van der Waals surface area contributed by atoms with Crippen molar-refractivity contribution in [2.24, 2.45) is 5.10 Å². The number of carboxylic acid groups (broad SMARTS) is 1. The lowest BCUT2D eigenvalue weighted by Crippen LogP contribution is -2.20. The number of carbonyl (C=O) groups is 2. The van der Waals surface area contributed by atoms with Gasteiger partial charge in [-0.3, -0.25) is 9.59 Å². The predicted molar refractivity (Wildman–Crippen MR) is 58.1 cm³/mol. The van der Waals surface area contributed by atoms with Crippen LogP contribution in [0.4, 0.5) is 18.9 Å². The van der Waals surface area contributed by atoms with Gasteiger partial charge >= 0.3 is 5.97 Å². The second-order valence-corrected chi connectivity index (χ2v) is 3.84. The van der Waals surface area contributed by atoms with Gasteiger partial charge < -0.3 is 5.11 Å². The summed E-state index contributed by atoms with van der Waals surface area (Å²) in [7, 11) is 0. The zero-order valence-electron chi connectivity index (χ0n) is 9.36. The first-order valence-corrected chi connectivity index (χ1v) is 5.14. The van der Waals surface area contributed by atoms with E-state index in [1.807, 2.05) is 0 Å². The van der Waals surface area contributed by atoms with Crippen molar-refractivity contribution in [3.05, 3.63) is 29.6 Å². The molecule has 5 nitrogen and oxygen atoms in total. The first kappa shape index (κ1) is 13.1. The molecule has 0 aromatic heterocycles. The van der Waals surface area contributed by atoms with Gasteiger partial charge in [-0.15, -0.1) is 0 Å². The van der Waals surface area contributed by atoms with E-state index in [1.165, 1.54) is 0 Å². The van der Waals surface area contributed by atoms with E-state index in [2.05, 4.69) is 5.10 Å². The summed E-state index contributed by atoms with van der Waals surface area (Å²) in [6.07, 6.45) is -0.707. The molecule has 1 heterocycles. The molecule has 0 bridgehead atoms. The number of aliphatic carboxylic acids is 1. The Hall–Kier alpha value is -2.38. The Morgan fingerprint density at radius 1 is 1.32 bits per heavy atom. The first-order valence-electron chi connectivity index (χ1n) is 5.14.